The molecule has 0 aliphatic rings. The smallest absolute Gasteiger partial charge is 0.486 e. The number of hydrogen-bond donors (Lipinski definition) is 2. The summed E-state index contributed by atoms with van der Waals surface area (Å²) in [6.45, 7) is 0.204. The Bertz CT molecular complexity index is 776. The quantitative estimate of drug-likeness (QED) is 0.551. The first-order valence-electron chi connectivity index (χ1n) is 6.73. The summed E-state index contributed by atoms with van der Waals surface area (Å²) < 4.78 is 11.2. The molecule has 2 N–H and O–H groups in total. The third kappa shape index (κ3) is 2.88. The lowest BCUT2D eigenvalue weighted by atomic mass is 9.77. The number of fused-ring (bicyclic) bond motifs is 1. The first-order valence-corrected chi connectivity index (χ1v) is 6.73. The molecular formula is C16H13BO5. The van der Waals surface area contributed by atoms with Crippen molar-refractivity contribution in [1.29, 1.82) is 0 Å². The van der Waals surface area contributed by atoms with Gasteiger partial charge in [0.1, 0.15) is 30.0 Å². The van der Waals surface area contributed by atoms with Crippen LogP contribution in [-0.2, 0) is 6.61 Å². The van der Waals surface area contributed by atoms with Crippen molar-refractivity contribution in [3.8, 4) is 5.75 Å². The second kappa shape index (κ2) is 6.05. The summed E-state index contributed by atoms with van der Waals surface area (Å²) in [4.78, 5) is 10.8. The molecule has 22 heavy (non-hydrogen) atoms. The van der Waals surface area contributed by atoms with Gasteiger partial charge in [-0.05, 0) is 35.8 Å². The maximum Gasteiger partial charge on any atom is 0.489 e. The van der Waals surface area contributed by atoms with Crippen LogP contribution in [0.5, 0.6) is 5.75 Å². The summed E-state index contributed by atoms with van der Waals surface area (Å²) in [5.41, 5.74) is 1.10. The van der Waals surface area contributed by atoms with E-state index < -0.39 is 7.12 Å². The molecule has 0 aliphatic carbocycles. The van der Waals surface area contributed by atoms with Crippen molar-refractivity contribution in [1.82, 2.24) is 0 Å². The van der Waals surface area contributed by atoms with E-state index in [-0.39, 0.29) is 17.6 Å². The topological polar surface area (TPSA) is 79.9 Å². The Hall–Kier alpha value is -2.57. The minimum atomic E-state index is -1.73. The van der Waals surface area contributed by atoms with Crippen molar-refractivity contribution in [2.75, 3.05) is 0 Å². The Balaban J connectivity index is 1.78. The van der Waals surface area contributed by atoms with Gasteiger partial charge in [-0.1, -0.05) is 18.2 Å². The van der Waals surface area contributed by atoms with Gasteiger partial charge in [0.05, 0.1) is 0 Å². The minimum Gasteiger partial charge on any atom is -0.486 e. The fourth-order valence-corrected chi connectivity index (χ4v) is 2.24. The fraction of sp³-hybridized carbons (Fsp3) is 0.0625. The molecule has 0 fully saturated rings. The molecule has 2 aromatic carbocycles. The molecule has 5 nitrogen and oxygen atoms in total. The van der Waals surface area contributed by atoms with Gasteiger partial charge >= 0.3 is 7.12 Å². The van der Waals surface area contributed by atoms with Crippen LogP contribution in [0.15, 0.2) is 52.9 Å². The monoisotopic (exact) mass is 296 g/mol. The zero-order chi connectivity index (χ0) is 15.5. The number of ether oxygens (including phenoxy) is 1. The van der Waals surface area contributed by atoms with Crippen LogP contribution in [0, 0.1) is 0 Å². The average molecular weight is 296 g/mol. The Kier molecular flexibility index (Phi) is 3.95. The van der Waals surface area contributed by atoms with Crippen LogP contribution < -0.4 is 10.2 Å². The van der Waals surface area contributed by atoms with Gasteiger partial charge in [-0.2, -0.15) is 0 Å². The molecule has 0 spiro atoms. The van der Waals surface area contributed by atoms with Crippen molar-refractivity contribution < 1.29 is 24.0 Å². The van der Waals surface area contributed by atoms with E-state index in [0.29, 0.717) is 17.8 Å². The van der Waals surface area contributed by atoms with Crippen LogP contribution in [0.3, 0.4) is 0 Å². The van der Waals surface area contributed by atoms with Crippen LogP contribution >= 0.6 is 0 Å². The predicted octanol–water partition coefficient (Wildman–Crippen LogP) is 1.50. The molecule has 0 bridgehead atoms. The largest absolute Gasteiger partial charge is 0.489 e. The van der Waals surface area contributed by atoms with Gasteiger partial charge in [-0.3, -0.25) is 4.79 Å². The number of aldehydes is 1. The lowest BCUT2D eigenvalue weighted by Gasteiger charge is -2.08. The molecule has 0 saturated heterocycles. The van der Waals surface area contributed by atoms with Gasteiger partial charge in [0.15, 0.2) is 0 Å². The lowest BCUT2D eigenvalue weighted by molar-refractivity contribution is 0.112. The highest BCUT2D eigenvalue weighted by Gasteiger charge is 2.17. The first kappa shape index (κ1) is 14.4. The summed E-state index contributed by atoms with van der Waals surface area (Å²) in [6, 6.07) is 14.0. The summed E-state index contributed by atoms with van der Waals surface area (Å²) in [7, 11) is -1.73. The Labute approximate surface area is 126 Å². The normalized spacial score (nSPS) is 10.6. The van der Waals surface area contributed by atoms with Gasteiger partial charge in [-0.25, -0.2) is 0 Å². The average Bonchev–Trinajstić information content (AvgIpc) is 2.95. The highest BCUT2D eigenvalue weighted by Crippen LogP contribution is 2.20. The van der Waals surface area contributed by atoms with Gasteiger partial charge in [-0.15, -0.1) is 0 Å². The summed E-state index contributed by atoms with van der Waals surface area (Å²) in [5.74, 6) is 1.08. The third-order valence-electron chi connectivity index (χ3n) is 3.32. The maximum atomic E-state index is 10.8. The highest BCUT2D eigenvalue weighted by molar-refractivity contribution is 6.60. The van der Waals surface area contributed by atoms with Crippen molar-refractivity contribution >= 4 is 29.8 Å². The molecule has 3 aromatic rings. The van der Waals surface area contributed by atoms with Crippen molar-refractivity contribution in [2.45, 2.75) is 6.61 Å². The molecule has 0 radical (unpaired) electrons. The lowest BCUT2D eigenvalue weighted by Crippen LogP contribution is -2.33. The third-order valence-corrected chi connectivity index (χ3v) is 3.32. The summed E-state index contributed by atoms with van der Waals surface area (Å²) in [6.07, 6.45) is 0.567. The molecule has 0 unspecified atom stereocenters. The van der Waals surface area contributed by atoms with Gasteiger partial charge in [0.25, 0.3) is 0 Å². The Morgan fingerprint density at radius 3 is 2.68 bits per heavy atom. The van der Waals surface area contributed by atoms with Crippen molar-refractivity contribution in [2.24, 2.45) is 0 Å². The van der Waals surface area contributed by atoms with Gasteiger partial charge in [0.2, 0.25) is 0 Å². The predicted molar refractivity (Wildman–Crippen MR) is 82.2 cm³/mol. The van der Waals surface area contributed by atoms with E-state index in [2.05, 4.69) is 0 Å². The van der Waals surface area contributed by atoms with Gasteiger partial charge in [0, 0.05) is 10.9 Å². The van der Waals surface area contributed by atoms with Crippen LogP contribution in [-0.4, -0.2) is 23.5 Å². The molecule has 0 saturated carbocycles. The second-order valence-electron chi connectivity index (χ2n) is 4.82. The molecule has 0 atom stereocenters. The van der Waals surface area contributed by atoms with E-state index in [9.17, 15) is 14.8 Å². The second-order valence-corrected chi connectivity index (χ2v) is 4.82. The number of benzene rings is 2. The van der Waals surface area contributed by atoms with Crippen molar-refractivity contribution in [3.05, 3.63) is 59.9 Å². The number of rotatable bonds is 5. The standard InChI is InChI=1S/C16H13BO5/c18-9-12-5-6-13(8-15(12)17(19)20)21-10-14-7-11-3-1-2-4-16(11)22-14/h1-9,19-20H,10H2. The molecular weight excluding hydrogens is 283 g/mol. The van der Waals surface area contributed by atoms with E-state index in [1.165, 1.54) is 12.1 Å². The molecule has 3 rings (SSSR count). The van der Waals surface area contributed by atoms with Gasteiger partial charge < -0.3 is 19.2 Å². The number of hydrogen-bond acceptors (Lipinski definition) is 5. The Morgan fingerprint density at radius 2 is 1.95 bits per heavy atom. The summed E-state index contributed by atoms with van der Waals surface area (Å²) in [5, 5.41) is 19.5. The SMILES string of the molecule is O=Cc1ccc(OCc2cc3ccccc3o2)cc1B(O)O. The number of para-hydroxylation sites is 1. The minimum absolute atomic E-state index is 0.108. The zero-order valence-corrected chi connectivity index (χ0v) is 11.6. The zero-order valence-electron chi connectivity index (χ0n) is 11.6. The highest BCUT2D eigenvalue weighted by atomic mass is 16.5. The molecule has 1 aromatic heterocycles. The van der Waals surface area contributed by atoms with E-state index in [1.54, 1.807) is 6.07 Å². The van der Waals surface area contributed by atoms with Crippen LogP contribution in [0.4, 0.5) is 0 Å². The number of furan rings is 1. The molecule has 6 heteroatoms. The van der Waals surface area contributed by atoms with Crippen LogP contribution in [0.1, 0.15) is 16.1 Å². The van der Waals surface area contributed by atoms with E-state index in [1.807, 2.05) is 30.3 Å². The summed E-state index contributed by atoms with van der Waals surface area (Å²) >= 11 is 0. The van der Waals surface area contributed by atoms with Crippen LogP contribution in [0.2, 0.25) is 0 Å². The molecule has 0 amide bonds. The Morgan fingerprint density at radius 1 is 1.14 bits per heavy atom. The molecule has 0 aliphatic heterocycles. The molecule has 1 heterocycles. The number of carbonyl (C=O) groups excluding carboxylic acids is 1. The maximum absolute atomic E-state index is 10.8. The number of carbonyl (C=O) groups is 1. The van der Waals surface area contributed by atoms with Crippen molar-refractivity contribution in [3.63, 3.8) is 0 Å². The van der Waals surface area contributed by atoms with Crippen LogP contribution in [0.25, 0.3) is 11.0 Å². The molecule has 110 valence electrons. The first-order chi connectivity index (χ1) is 10.7. The van der Waals surface area contributed by atoms with E-state index in [4.69, 9.17) is 9.15 Å². The van der Waals surface area contributed by atoms with E-state index in [0.717, 1.165) is 11.0 Å². The fourth-order valence-electron chi connectivity index (χ4n) is 2.24. The van der Waals surface area contributed by atoms with E-state index >= 15 is 0 Å².